The van der Waals surface area contributed by atoms with E-state index in [1.54, 1.807) is 0 Å². The SMILES string of the molecule is [2H]C([2H])([2H])C1([2H])N(c2cncc(Br)c2)C([2H])([2H])C([2H])([2H])C([2H])([2H])C1([2H])[2H]. The molecular formula is C11H15BrN2. The summed E-state index contributed by atoms with van der Waals surface area (Å²) in [7, 11) is 0. The molecule has 0 amide bonds. The Hall–Kier alpha value is -0.570. The lowest BCUT2D eigenvalue weighted by Crippen LogP contribution is -2.37. The van der Waals surface area contributed by atoms with Crippen molar-refractivity contribution in [2.45, 2.75) is 32.0 Å². The molecule has 0 N–H and O–H groups in total. The number of piperidine rings is 1. The summed E-state index contributed by atoms with van der Waals surface area (Å²) in [4.78, 5) is 3.87. The van der Waals surface area contributed by atoms with Crippen molar-refractivity contribution >= 4 is 21.6 Å². The van der Waals surface area contributed by atoms with Crippen molar-refractivity contribution < 1.29 is 16.4 Å². The second-order valence-electron chi connectivity index (χ2n) is 2.53. The third-order valence-corrected chi connectivity index (χ3v) is 2.02. The maximum absolute atomic E-state index is 8.43. The maximum atomic E-state index is 8.43. The normalized spacial score (nSPS) is 55.6. The van der Waals surface area contributed by atoms with Crippen molar-refractivity contribution in [1.29, 1.82) is 0 Å². The molecule has 2 rings (SSSR count). The molecule has 2 nitrogen and oxygen atoms in total. The minimum atomic E-state index is -3.63. The quantitative estimate of drug-likeness (QED) is 0.776. The van der Waals surface area contributed by atoms with Crippen LogP contribution in [0, 0.1) is 0 Å². The van der Waals surface area contributed by atoms with Crippen LogP contribution >= 0.6 is 15.9 Å². The largest absolute Gasteiger partial charge is 0.368 e. The topological polar surface area (TPSA) is 16.1 Å². The number of anilines is 1. The summed E-state index contributed by atoms with van der Waals surface area (Å²) in [5.74, 6) is 0. The van der Waals surface area contributed by atoms with Crippen LogP contribution in [0.5, 0.6) is 0 Å². The van der Waals surface area contributed by atoms with Crippen LogP contribution in [0.15, 0.2) is 22.9 Å². The molecule has 14 heavy (non-hydrogen) atoms. The summed E-state index contributed by atoms with van der Waals surface area (Å²) < 4.78 is 95.8. The highest BCUT2D eigenvalue weighted by atomic mass is 79.9. The minimum absolute atomic E-state index is 0.131. The van der Waals surface area contributed by atoms with Gasteiger partial charge in [0.15, 0.2) is 0 Å². The van der Waals surface area contributed by atoms with Gasteiger partial charge in [0.05, 0.1) is 13.3 Å². The van der Waals surface area contributed by atoms with Crippen molar-refractivity contribution in [3.05, 3.63) is 22.9 Å². The van der Waals surface area contributed by atoms with Gasteiger partial charge in [-0.15, -0.1) is 0 Å². The predicted octanol–water partition coefficient (Wildman–Crippen LogP) is 3.22. The van der Waals surface area contributed by atoms with Gasteiger partial charge in [-0.2, -0.15) is 0 Å². The first-order chi connectivity index (χ1) is 11.4. The van der Waals surface area contributed by atoms with Gasteiger partial charge in [-0.05, 0) is 48.0 Å². The zero-order chi connectivity index (χ0) is 20.6. The summed E-state index contributed by atoms with van der Waals surface area (Å²) in [6.07, 6.45) is -8.50. The molecule has 0 radical (unpaired) electrons. The van der Waals surface area contributed by atoms with Gasteiger partial charge in [0.25, 0.3) is 0 Å². The van der Waals surface area contributed by atoms with Crippen molar-refractivity contribution in [3.63, 3.8) is 0 Å². The Kier molecular flexibility index (Phi) is 0.913. The Bertz CT molecular complexity index is 717. The lowest BCUT2D eigenvalue weighted by Gasteiger charge is -2.35. The average molecular weight is 267 g/mol. The maximum Gasteiger partial charge on any atom is 0.0566 e. The van der Waals surface area contributed by atoms with E-state index in [4.69, 9.17) is 16.4 Å². The molecule has 0 saturated carbocycles. The molecule has 1 fully saturated rings. The molecule has 1 unspecified atom stereocenters. The summed E-state index contributed by atoms with van der Waals surface area (Å²) in [6.45, 7) is -6.92. The Morgan fingerprint density at radius 3 is 3.43 bits per heavy atom. The standard InChI is InChI=1S/C11H15BrN2/c1-9-4-2-3-5-14(9)11-6-10(12)7-13-8-11/h6-9H,2-5H2,1H3/i1D3,2D2,3D2,4D2,5D2,9D. The number of aromatic nitrogens is 1. The van der Waals surface area contributed by atoms with Gasteiger partial charge in [0.1, 0.15) is 0 Å². The lowest BCUT2D eigenvalue weighted by atomic mass is 10.0. The lowest BCUT2D eigenvalue weighted by molar-refractivity contribution is 0.484. The van der Waals surface area contributed by atoms with Crippen LogP contribution in [0.25, 0.3) is 0 Å². The van der Waals surface area contributed by atoms with Crippen molar-refractivity contribution in [1.82, 2.24) is 4.98 Å². The third-order valence-electron chi connectivity index (χ3n) is 1.58. The van der Waals surface area contributed by atoms with Crippen LogP contribution in [-0.2, 0) is 0 Å². The number of halogens is 1. The van der Waals surface area contributed by atoms with Crippen LogP contribution in [-0.4, -0.2) is 17.5 Å². The molecule has 1 aromatic heterocycles. The molecular weight excluding hydrogens is 240 g/mol. The van der Waals surface area contributed by atoms with Crippen LogP contribution in [0.3, 0.4) is 0 Å². The molecule has 1 aromatic rings. The molecule has 1 aliphatic rings. The summed E-state index contributed by atoms with van der Waals surface area (Å²) >= 11 is 3.06. The molecule has 3 heteroatoms. The smallest absolute Gasteiger partial charge is 0.0566 e. The van der Waals surface area contributed by atoms with E-state index in [9.17, 15) is 0 Å². The van der Waals surface area contributed by atoms with Gasteiger partial charge in [-0.25, -0.2) is 0 Å². The second-order valence-corrected chi connectivity index (χ2v) is 3.45. The fourth-order valence-electron chi connectivity index (χ4n) is 1.00. The van der Waals surface area contributed by atoms with Crippen LogP contribution in [0.2, 0.25) is 0 Å². The first-order valence-corrected chi connectivity index (χ1v) is 4.57. The highest BCUT2D eigenvalue weighted by Crippen LogP contribution is 2.25. The van der Waals surface area contributed by atoms with E-state index >= 15 is 0 Å². The Morgan fingerprint density at radius 1 is 1.71 bits per heavy atom. The summed E-state index contributed by atoms with van der Waals surface area (Å²) in [5.41, 5.74) is -0.376. The van der Waals surface area contributed by atoms with Gasteiger partial charge in [-0.3, -0.25) is 4.98 Å². The van der Waals surface area contributed by atoms with E-state index < -0.39 is 38.5 Å². The van der Waals surface area contributed by atoms with Crippen molar-refractivity contribution in [2.75, 3.05) is 11.4 Å². The van der Waals surface area contributed by atoms with Gasteiger partial charge >= 0.3 is 0 Å². The average Bonchev–Trinajstić information content (AvgIpc) is 2.44. The monoisotopic (exact) mass is 266 g/mol. The first-order valence-electron chi connectivity index (χ1n) is 9.78. The van der Waals surface area contributed by atoms with Gasteiger partial charge < -0.3 is 4.90 Å². The van der Waals surface area contributed by atoms with E-state index in [1.807, 2.05) is 0 Å². The Balaban J connectivity index is 2.97. The second kappa shape index (κ2) is 4.30. The van der Waals surface area contributed by atoms with E-state index in [1.165, 1.54) is 6.20 Å². The number of rotatable bonds is 1. The molecule has 2 heterocycles. The van der Waals surface area contributed by atoms with Crippen molar-refractivity contribution in [3.8, 4) is 0 Å². The first kappa shape index (κ1) is 2.97. The fourth-order valence-corrected chi connectivity index (χ4v) is 1.36. The zero-order valence-electron chi connectivity index (χ0n) is 19.0. The van der Waals surface area contributed by atoms with E-state index in [0.29, 0.717) is 0 Å². The van der Waals surface area contributed by atoms with E-state index in [-0.39, 0.29) is 15.1 Å². The molecule has 0 aliphatic carbocycles. The van der Waals surface area contributed by atoms with Gasteiger partial charge in [0.2, 0.25) is 0 Å². The molecule has 0 aromatic carbocycles. The number of hydrogen-bond donors (Lipinski definition) is 0. The Morgan fingerprint density at radius 2 is 2.64 bits per heavy atom. The summed E-state index contributed by atoms with van der Waals surface area (Å²) in [5, 5.41) is 0. The van der Waals surface area contributed by atoms with E-state index in [2.05, 4.69) is 20.9 Å². The molecule has 76 valence electrons. The highest BCUT2D eigenvalue weighted by Gasteiger charge is 2.18. The fraction of sp³-hybridized carbons (Fsp3) is 0.545. The van der Waals surface area contributed by atoms with Gasteiger partial charge in [-0.1, -0.05) is 0 Å². The highest BCUT2D eigenvalue weighted by molar-refractivity contribution is 9.10. The zero-order valence-corrected chi connectivity index (χ0v) is 8.59. The van der Waals surface area contributed by atoms with E-state index in [0.717, 1.165) is 12.3 Å². The molecule has 1 atom stereocenters. The van der Waals surface area contributed by atoms with Crippen LogP contribution in [0.4, 0.5) is 5.69 Å². The molecule has 0 bridgehead atoms. The van der Waals surface area contributed by atoms with Crippen LogP contribution < -0.4 is 4.90 Å². The third kappa shape index (κ3) is 2.08. The Labute approximate surface area is 110 Å². The number of pyridine rings is 1. The minimum Gasteiger partial charge on any atom is -0.368 e. The predicted molar refractivity (Wildman–Crippen MR) is 62.6 cm³/mol. The molecule has 0 spiro atoms. The number of nitrogens with zero attached hydrogens (tertiary/aromatic N) is 2. The molecule has 1 aliphatic heterocycles. The van der Waals surface area contributed by atoms with Crippen molar-refractivity contribution in [2.24, 2.45) is 0 Å². The van der Waals surface area contributed by atoms with Gasteiger partial charge in [0, 0.05) is 38.3 Å². The van der Waals surface area contributed by atoms with Crippen LogP contribution in [0.1, 0.15) is 42.4 Å². The molecule has 1 saturated heterocycles. The summed E-state index contributed by atoms with van der Waals surface area (Å²) in [6, 6.07) is -2.33. The number of hydrogen-bond acceptors (Lipinski definition) is 2.